The molecule has 0 bridgehead atoms. The molecule has 2 N–H and O–H groups in total. The van der Waals surface area contributed by atoms with E-state index in [1.807, 2.05) is 18.2 Å². The Balaban J connectivity index is 2.44. The first-order valence-corrected chi connectivity index (χ1v) is 6.20. The SMILES string of the molecule is COCc1c(N)c(=O)n(Cc2ccccc2Cl)n1C. The van der Waals surface area contributed by atoms with Crippen molar-refractivity contribution in [1.82, 2.24) is 9.36 Å². The van der Waals surface area contributed by atoms with Gasteiger partial charge in [0.05, 0.1) is 18.8 Å². The summed E-state index contributed by atoms with van der Waals surface area (Å²) in [6.07, 6.45) is 0. The van der Waals surface area contributed by atoms with Gasteiger partial charge in [0.25, 0.3) is 5.56 Å². The smallest absolute Gasteiger partial charge is 0.290 e. The molecule has 0 spiro atoms. The van der Waals surface area contributed by atoms with Crippen LogP contribution in [0.25, 0.3) is 0 Å². The fourth-order valence-corrected chi connectivity index (χ4v) is 2.19. The molecular formula is C13H16ClN3O2. The summed E-state index contributed by atoms with van der Waals surface area (Å²) in [7, 11) is 3.35. The number of hydrogen-bond donors (Lipinski definition) is 1. The van der Waals surface area contributed by atoms with Crippen molar-refractivity contribution in [3.05, 3.63) is 50.9 Å². The van der Waals surface area contributed by atoms with Crippen LogP contribution in [0.1, 0.15) is 11.3 Å². The van der Waals surface area contributed by atoms with Crippen LogP contribution in [0.2, 0.25) is 5.02 Å². The maximum atomic E-state index is 12.1. The van der Waals surface area contributed by atoms with E-state index in [0.29, 0.717) is 23.9 Å². The molecule has 1 aromatic heterocycles. The number of nitrogen functional groups attached to an aromatic ring is 1. The van der Waals surface area contributed by atoms with Crippen molar-refractivity contribution in [1.29, 1.82) is 0 Å². The van der Waals surface area contributed by atoms with Crippen LogP contribution in [0.4, 0.5) is 5.69 Å². The fourth-order valence-electron chi connectivity index (χ4n) is 1.99. The lowest BCUT2D eigenvalue weighted by molar-refractivity contribution is 0.177. The van der Waals surface area contributed by atoms with E-state index in [-0.39, 0.29) is 11.2 Å². The standard InChI is InChI=1S/C13H16ClN3O2/c1-16-11(8-19-2)12(15)13(18)17(16)7-9-5-3-4-6-10(9)14/h3-6H,7-8,15H2,1-2H3. The zero-order valence-electron chi connectivity index (χ0n) is 10.9. The van der Waals surface area contributed by atoms with Crippen molar-refractivity contribution < 1.29 is 4.74 Å². The molecule has 1 aromatic carbocycles. The van der Waals surface area contributed by atoms with E-state index < -0.39 is 0 Å². The number of rotatable bonds is 4. The Morgan fingerprint density at radius 3 is 2.68 bits per heavy atom. The second-order valence-electron chi connectivity index (χ2n) is 4.27. The van der Waals surface area contributed by atoms with Crippen LogP contribution in [0, 0.1) is 0 Å². The number of ether oxygens (including phenoxy) is 1. The quantitative estimate of drug-likeness (QED) is 0.926. The normalized spacial score (nSPS) is 10.9. The van der Waals surface area contributed by atoms with E-state index in [2.05, 4.69) is 0 Å². The summed E-state index contributed by atoms with van der Waals surface area (Å²) in [6, 6.07) is 7.41. The van der Waals surface area contributed by atoms with Crippen LogP contribution in [-0.4, -0.2) is 16.5 Å². The van der Waals surface area contributed by atoms with Crippen molar-refractivity contribution >= 4 is 17.3 Å². The highest BCUT2D eigenvalue weighted by Crippen LogP contribution is 2.17. The van der Waals surface area contributed by atoms with E-state index in [1.165, 1.54) is 0 Å². The predicted molar refractivity (Wildman–Crippen MR) is 75.4 cm³/mol. The van der Waals surface area contributed by atoms with Gasteiger partial charge in [-0.25, -0.2) is 4.68 Å². The highest BCUT2D eigenvalue weighted by atomic mass is 35.5. The second kappa shape index (κ2) is 5.50. The number of hydrogen-bond acceptors (Lipinski definition) is 3. The average molecular weight is 282 g/mol. The lowest BCUT2D eigenvalue weighted by atomic mass is 10.2. The zero-order valence-corrected chi connectivity index (χ0v) is 11.6. The number of aromatic nitrogens is 2. The van der Waals surface area contributed by atoms with Crippen molar-refractivity contribution in [3.8, 4) is 0 Å². The topological polar surface area (TPSA) is 62.2 Å². The van der Waals surface area contributed by atoms with Gasteiger partial charge in [0.15, 0.2) is 0 Å². The van der Waals surface area contributed by atoms with Crippen LogP contribution in [0.15, 0.2) is 29.1 Å². The Morgan fingerprint density at radius 1 is 1.37 bits per heavy atom. The molecule has 2 rings (SSSR count). The van der Waals surface area contributed by atoms with Crippen LogP contribution in [0.3, 0.4) is 0 Å². The minimum atomic E-state index is -0.227. The summed E-state index contributed by atoms with van der Waals surface area (Å²) in [5.74, 6) is 0. The molecule has 1 heterocycles. The van der Waals surface area contributed by atoms with E-state index >= 15 is 0 Å². The summed E-state index contributed by atoms with van der Waals surface area (Å²) >= 11 is 6.11. The largest absolute Gasteiger partial charge is 0.393 e. The third kappa shape index (κ3) is 2.52. The molecule has 0 aliphatic rings. The average Bonchev–Trinajstić information content (AvgIpc) is 2.59. The number of nitrogens with two attached hydrogens (primary N) is 1. The van der Waals surface area contributed by atoms with Crippen molar-refractivity contribution in [3.63, 3.8) is 0 Å². The van der Waals surface area contributed by atoms with Gasteiger partial charge in [0.1, 0.15) is 5.69 Å². The zero-order chi connectivity index (χ0) is 14.0. The van der Waals surface area contributed by atoms with E-state index in [9.17, 15) is 4.79 Å². The Labute approximate surface area is 116 Å². The van der Waals surface area contributed by atoms with Gasteiger partial charge in [0.2, 0.25) is 0 Å². The third-order valence-corrected chi connectivity index (χ3v) is 3.46. The first kappa shape index (κ1) is 13.7. The van der Waals surface area contributed by atoms with Gasteiger partial charge in [-0.05, 0) is 11.6 Å². The number of halogens is 1. The number of nitrogens with zero attached hydrogens (tertiary/aromatic N) is 2. The summed E-state index contributed by atoms with van der Waals surface area (Å²) < 4.78 is 8.31. The van der Waals surface area contributed by atoms with Crippen LogP contribution >= 0.6 is 11.6 Å². The molecule has 0 aliphatic carbocycles. The maximum absolute atomic E-state index is 12.1. The highest BCUT2D eigenvalue weighted by molar-refractivity contribution is 6.31. The molecule has 0 radical (unpaired) electrons. The van der Waals surface area contributed by atoms with Crippen molar-refractivity contribution in [2.45, 2.75) is 13.2 Å². The molecule has 0 amide bonds. The van der Waals surface area contributed by atoms with Gasteiger partial charge in [-0.3, -0.25) is 9.48 Å². The Bertz CT molecular complexity index is 646. The summed E-state index contributed by atoms with van der Waals surface area (Å²) in [4.78, 5) is 12.1. The molecule has 2 aromatic rings. The Morgan fingerprint density at radius 2 is 2.05 bits per heavy atom. The number of anilines is 1. The van der Waals surface area contributed by atoms with E-state index in [0.717, 1.165) is 5.56 Å². The summed E-state index contributed by atoms with van der Waals surface area (Å²) in [5, 5.41) is 0.627. The molecule has 0 atom stereocenters. The Hall–Kier alpha value is -1.72. The molecule has 0 saturated carbocycles. The molecule has 0 unspecified atom stereocenters. The van der Waals surface area contributed by atoms with Crippen LogP contribution in [0.5, 0.6) is 0 Å². The van der Waals surface area contributed by atoms with Crippen LogP contribution in [-0.2, 0) is 24.9 Å². The van der Waals surface area contributed by atoms with Gasteiger partial charge >= 0.3 is 0 Å². The van der Waals surface area contributed by atoms with Gasteiger partial charge in [0, 0.05) is 19.2 Å². The molecule has 6 heteroatoms. The minimum Gasteiger partial charge on any atom is -0.393 e. The molecule has 19 heavy (non-hydrogen) atoms. The number of benzene rings is 1. The molecule has 102 valence electrons. The minimum absolute atomic E-state index is 0.219. The fraction of sp³-hybridized carbons (Fsp3) is 0.308. The number of methoxy groups -OCH3 is 1. The first-order chi connectivity index (χ1) is 9.06. The lowest BCUT2D eigenvalue weighted by Gasteiger charge is -2.10. The van der Waals surface area contributed by atoms with Gasteiger partial charge in [-0.2, -0.15) is 0 Å². The molecule has 0 saturated heterocycles. The lowest BCUT2D eigenvalue weighted by Crippen LogP contribution is -2.23. The highest BCUT2D eigenvalue weighted by Gasteiger charge is 2.15. The van der Waals surface area contributed by atoms with Gasteiger partial charge in [-0.15, -0.1) is 0 Å². The van der Waals surface area contributed by atoms with Crippen molar-refractivity contribution in [2.24, 2.45) is 7.05 Å². The van der Waals surface area contributed by atoms with Gasteiger partial charge < -0.3 is 10.5 Å². The van der Waals surface area contributed by atoms with Crippen molar-refractivity contribution in [2.75, 3.05) is 12.8 Å². The van der Waals surface area contributed by atoms with E-state index in [1.54, 1.807) is 29.6 Å². The maximum Gasteiger partial charge on any atom is 0.290 e. The first-order valence-electron chi connectivity index (χ1n) is 5.82. The van der Waals surface area contributed by atoms with Gasteiger partial charge in [-0.1, -0.05) is 29.8 Å². The third-order valence-electron chi connectivity index (χ3n) is 3.09. The molecule has 5 nitrogen and oxygen atoms in total. The molecule has 0 fully saturated rings. The van der Waals surface area contributed by atoms with E-state index in [4.69, 9.17) is 22.1 Å². The monoisotopic (exact) mass is 281 g/mol. The predicted octanol–water partition coefficient (Wildman–Crippen LogP) is 1.62. The molecular weight excluding hydrogens is 266 g/mol. The van der Waals surface area contributed by atoms with Crippen LogP contribution < -0.4 is 11.3 Å². The Kier molecular flexibility index (Phi) is 3.97. The second-order valence-corrected chi connectivity index (χ2v) is 4.68. The molecule has 0 aliphatic heterocycles. The summed E-state index contributed by atoms with van der Waals surface area (Å²) in [5.41, 5.74) is 7.34. The summed E-state index contributed by atoms with van der Waals surface area (Å²) in [6.45, 7) is 0.677.